The molecule has 0 spiro atoms. The summed E-state index contributed by atoms with van der Waals surface area (Å²) in [6.45, 7) is 6.06. The van der Waals surface area contributed by atoms with E-state index in [4.69, 9.17) is 0 Å². The van der Waals surface area contributed by atoms with E-state index in [2.05, 4.69) is 19.1 Å². The molecule has 0 saturated carbocycles. The van der Waals surface area contributed by atoms with Crippen LogP contribution in [0.4, 0.5) is 0 Å². The van der Waals surface area contributed by atoms with E-state index in [1.807, 2.05) is 38.1 Å². The van der Waals surface area contributed by atoms with Crippen molar-refractivity contribution in [3.8, 4) is 0 Å². The lowest BCUT2D eigenvalue weighted by molar-refractivity contribution is -0.104. The van der Waals surface area contributed by atoms with Gasteiger partial charge in [-0.25, -0.2) is 0 Å². The van der Waals surface area contributed by atoms with Gasteiger partial charge in [-0.1, -0.05) is 61.9 Å². The Bertz CT molecular complexity index is 318. The van der Waals surface area contributed by atoms with Gasteiger partial charge in [0.15, 0.2) is 0 Å². The van der Waals surface area contributed by atoms with Crippen molar-refractivity contribution < 1.29 is 4.79 Å². The molecule has 0 aromatic heterocycles. The first-order valence-corrected chi connectivity index (χ1v) is 5.18. The van der Waals surface area contributed by atoms with E-state index in [1.54, 1.807) is 6.08 Å². The SMILES string of the molecule is CC.Cc1ccc(/C=C/C=C/C=O)cc1. The molecular weight excluding hydrogens is 184 g/mol. The zero-order valence-corrected chi connectivity index (χ0v) is 9.60. The van der Waals surface area contributed by atoms with Crippen LogP contribution >= 0.6 is 0 Å². The number of rotatable bonds is 3. The normalized spacial score (nSPS) is 10.1. The van der Waals surface area contributed by atoms with Crippen molar-refractivity contribution in [2.24, 2.45) is 0 Å². The van der Waals surface area contributed by atoms with Gasteiger partial charge < -0.3 is 0 Å². The summed E-state index contributed by atoms with van der Waals surface area (Å²) in [7, 11) is 0. The van der Waals surface area contributed by atoms with Gasteiger partial charge in [-0.15, -0.1) is 0 Å². The summed E-state index contributed by atoms with van der Waals surface area (Å²) < 4.78 is 0. The molecule has 0 aliphatic heterocycles. The number of allylic oxidation sites excluding steroid dienone is 3. The van der Waals surface area contributed by atoms with Crippen molar-refractivity contribution in [1.82, 2.24) is 0 Å². The molecule has 1 nitrogen and oxygen atoms in total. The van der Waals surface area contributed by atoms with Crippen LogP contribution in [0, 0.1) is 6.92 Å². The van der Waals surface area contributed by atoms with E-state index < -0.39 is 0 Å². The Morgan fingerprint density at radius 1 is 0.933 bits per heavy atom. The van der Waals surface area contributed by atoms with Crippen molar-refractivity contribution in [2.45, 2.75) is 20.8 Å². The number of carbonyl (C=O) groups excluding carboxylic acids is 1. The topological polar surface area (TPSA) is 17.1 Å². The number of carbonyl (C=O) groups is 1. The molecule has 0 unspecified atom stereocenters. The average molecular weight is 202 g/mol. The molecule has 1 heteroatoms. The van der Waals surface area contributed by atoms with E-state index in [-0.39, 0.29) is 0 Å². The molecule has 1 rings (SSSR count). The van der Waals surface area contributed by atoms with Gasteiger partial charge in [0.1, 0.15) is 6.29 Å². The highest BCUT2D eigenvalue weighted by molar-refractivity contribution is 5.66. The lowest BCUT2D eigenvalue weighted by Gasteiger charge is -1.92. The van der Waals surface area contributed by atoms with Gasteiger partial charge in [0.05, 0.1) is 0 Å². The highest BCUT2D eigenvalue weighted by atomic mass is 16.1. The van der Waals surface area contributed by atoms with E-state index in [0.717, 1.165) is 11.8 Å². The molecular formula is C14H18O. The van der Waals surface area contributed by atoms with Gasteiger partial charge in [0.2, 0.25) is 0 Å². The minimum Gasteiger partial charge on any atom is -0.299 e. The second-order valence-corrected chi connectivity index (χ2v) is 2.79. The van der Waals surface area contributed by atoms with Crippen molar-refractivity contribution in [1.29, 1.82) is 0 Å². The molecule has 0 aliphatic carbocycles. The summed E-state index contributed by atoms with van der Waals surface area (Å²) in [6.07, 6.45) is 7.75. The van der Waals surface area contributed by atoms with Crippen molar-refractivity contribution in [2.75, 3.05) is 0 Å². The van der Waals surface area contributed by atoms with Gasteiger partial charge in [-0.2, -0.15) is 0 Å². The van der Waals surface area contributed by atoms with Crippen LogP contribution in [-0.2, 0) is 4.79 Å². The van der Waals surface area contributed by atoms with Crippen LogP contribution in [0.1, 0.15) is 25.0 Å². The fraction of sp³-hybridized carbons (Fsp3) is 0.214. The second-order valence-electron chi connectivity index (χ2n) is 2.79. The zero-order valence-electron chi connectivity index (χ0n) is 9.60. The third-order valence-corrected chi connectivity index (χ3v) is 1.67. The average Bonchev–Trinajstić information content (AvgIpc) is 2.30. The lowest BCUT2D eigenvalue weighted by Crippen LogP contribution is -1.72. The fourth-order valence-corrected chi connectivity index (χ4v) is 0.954. The Morgan fingerprint density at radius 2 is 1.53 bits per heavy atom. The highest BCUT2D eigenvalue weighted by Crippen LogP contribution is 2.04. The number of hydrogen-bond donors (Lipinski definition) is 0. The quantitative estimate of drug-likeness (QED) is 0.414. The first-order chi connectivity index (χ1) is 7.33. The molecule has 1 aromatic rings. The van der Waals surface area contributed by atoms with Crippen molar-refractivity contribution in [3.63, 3.8) is 0 Å². The minimum absolute atomic E-state index is 0.763. The Kier molecular flexibility index (Phi) is 7.97. The summed E-state index contributed by atoms with van der Waals surface area (Å²) in [5.74, 6) is 0. The second kappa shape index (κ2) is 8.95. The first-order valence-electron chi connectivity index (χ1n) is 5.18. The third kappa shape index (κ3) is 6.44. The Balaban J connectivity index is 0.000000921. The summed E-state index contributed by atoms with van der Waals surface area (Å²) in [5, 5.41) is 0. The maximum absolute atomic E-state index is 9.94. The summed E-state index contributed by atoms with van der Waals surface area (Å²) >= 11 is 0. The molecule has 0 atom stereocenters. The van der Waals surface area contributed by atoms with Gasteiger partial charge in [0, 0.05) is 0 Å². The van der Waals surface area contributed by atoms with E-state index in [0.29, 0.717) is 0 Å². The predicted octanol–water partition coefficient (Wildman–Crippen LogP) is 3.79. The summed E-state index contributed by atoms with van der Waals surface area (Å²) in [4.78, 5) is 9.94. The Morgan fingerprint density at radius 3 is 2.07 bits per heavy atom. The molecule has 0 radical (unpaired) electrons. The van der Waals surface area contributed by atoms with E-state index in [1.165, 1.54) is 11.6 Å². The zero-order chi connectivity index (χ0) is 11.5. The molecule has 0 heterocycles. The fourth-order valence-electron chi connectivity index (χ4n) is 0.954. The van der Waals surface area contributed by atoms with E-state index in [9.17, 15) is 4.79 Å². The van der Waals surface area contributed by atoms with Crippen LogP contribution in [0.15, 0.2) is 42.5 Å². The van der Waals surface area contributed by atoms with Gasteiger partial charge in [-0.05, 0) is 18.6 Å². The number of aryl methyl sites for hydroxylation is 1. The van der Waals surface area contributed by atoms with Gasteiger partial charge in [-0.3, -0.25) is 4.79 Å². The molecule has 0 fully saturated rings. The first kappa shape index (κ1) is 13.4. The Labute approximate surface area is 92.1 Å². The van der Waals surface area contributed by atoms with Crippen LogP contribution in [0.3, 0.4) is 0 Å². The molecule has 80 valence electrons. The molecule has 0 N–H and O–H groups in total. The van der Waals surface area contributed by atoms with Crippen LogP contribution < -0.4 is 0 Å². The summed E-state index contributed by atoms with van der Waals surface area (Å²) in [5.41, 5.74) is 2.39. The number of aldehydes is 1. The van der Waals surface area contributed by atoms with Gasteiger partial charge >= 0.3 is 0 Å². The smallest absolute Gasteiger partial charge is 0.142 e. The number of hydrogen-bond acceptors (Lipinski definition) is 1. The molecule has 0 aliphatic rings. The molecule has 1 aromatic carbocycles. The van der Waals surface area contributed by atoms with Gasteiger partial charge in [0.25, 0.3) is 0 Å². The van der Waals surface area contributed by atoms with Crippen molar-refractivity contribution in [3.05, 3.63) is 53.6 Å². The largest absolute Gasteiger partial charge is 0.299 e. The summed E-state index contributed by atoms with van der Waals surface area (Å²) in [6, 6.07) is 8.20. The molecule has 0 saturated heterocycles. The molecule has 0 bridgehead atoms. The third-order valence-electron chi connectivity index (χ3n) is 1.67. The predicted molar refractivity (Wildman–Crippen MR) is 66.8 cm³/mol. The van der Waals surface area contributed by atoms with Crippen LogP contribution in [-0.4, -0.2) is 6.29 Å². The van der Waals surface area contributed by atoms with Crippen LogP contribution in [0.25, 0.3) is 6.08 Å². The van der Waals surface area contributed by atoms with E-state index >= 15 is 0 Å². The highest BCUT2D eigenvalue weighted by Gasteiger charge is 1.83. The van der Waals surface area contributed by atoms with Crippen LogP contribution in [0.2, 0.25) is 0 Å². The Hall–Kier alpha value is -1.63. The maximum Gasteiger partial charge on any atom is 0.142 e. The monoisotopic (exact) mass is 202 g/mol. The maximum atomic E-state index is 9.94. The number of benzene rings is 1. The van der Waals surface area contributed by atoms with Crippen LogP contribution in [0.5, 0.6) is 0 Å². The molecule has 15 heavy (non-hydrogen) atoms. The lowest BCUT2D eigenvalue weighted by atomic mass is 10.1. The van der Waals surface area contributed by atoms with Crippen molar-refractivity contribution >= 4 is 12.4 Å². The standard InChI is InChI=1S/C12H12O.C2H6/c1-11-6-8-12(9-7-11)5-3-2-4-10-13;1-2/h2-10H,1H3;1-2H3/b4-2+,5-3+;. The minimum atomic E-state index is 0.763. The molecule has 0 amide bonds.